The Morgan fingerprint density at radius 1 is 0.871 bits per heavy atom. The summed E-state index contributed by atoms with van der Waals surface area (Å²) in [5, 5.41) is 9.96. The molecule has 0 radical (unpaired) electrons. The number of H-pyrrole nitrogens is 1. The molecule has 0 saturated carbocycles. The standard InChI is InChI=1S/C27H23FN2O/c28-23-5-7-24(8-6-23)30-16-13-22-18-25(31)9-10-26(22)27(30)17-19-1-3-20(4-2-19)21-11-14-29-15-12-21/h1-12,14-15,18,27,31H,13,16-17H2/p+1. The molecule has 0 amide bonds. The molecular formula is C27H24FN2O+. The van der Waals surface area contributed by atoms with Crippen molar-refractivity contribution in [2.75, 3.05) is 11.4 Å². The summed E-state index contributed by atoms with van der Waals surface area (Å²) in [6.07, 6.45) is 5.54. The van der Waals surface area contributed by atoms with E-state index in [0.717, 1.165) is 25.1 Å². The first-order chi connectivity index (χ1) is 15.2. The minimum absolute atomic E-state index is 0.118. The normalized spacial score (nSPS) is 15.5. The summed E-state index contributed by atoms with van der Waals surface area (Å²) in [5.74, 6) is 0.0777. The fourth-order valence-corrected chi connectivity index (χ4v) is 4.50. The largest absolute Gasteiger partial charge is 0.508 e. The quantitative estimate of drug-likeness (QED) is 0.491. The maximum absolute atomic E-state index is 13.5. The predicted octanol–water partition coefficient (Wildman–Crippen LogP) is 5.36. The van der Waals surface area contributed by atoms with Crippen LogP contribution in [0.2, 0.25) is 0 Å². The van der Waals surface area contributed by atoms with Crippen molar-refractivity contribution in [3.05, 3.63) is 114 Å². The minimum atomic E-state index is -0.225. The third kappa shape index (κ3) is 4.02. The van der Waals surface area contributed by atoms with E-state index in [-0.39, 0.29) is 11.9 Å². The van der Waals surface area contributed by atoms with Crippen molar-refractivity contribution in [2.45, 2.75) is 18.9 Å². The molecule has 0 spiro atoms. The summed E-state index contributed by atoms with van der Waals surface area (Å²) in [7, 11) is 0. The van der Waals surface area contributed by atoms with Gasteiger partial charge in [0.2, 0.25) is 0 Å². The number of aromatic amines is 1. The maximum atomic E-state index is 13.5. The number of benzene rings is 3. The summed E-state index contributed by atoms with van der Waals surface area (Å²) in [6, 6.07) is 25.3. The van der Waals surface area contributed by atoms with E-state index in [9.17, 15) is 9.50 Å². The second-order valence-corrected chi connectivity index (χ2v) is 8.01. The molecular weight excluding hydrogens is 387 g/mol. The lowest BCUT2D eigenvalue weighted by atomic mass is 9.87. The average Bonchev–Trinajstić information content (AvgIpc) is 2.81. The number of hydrogen-bond donors (Lipinski definition) is 1. The number of fused-ring (bicyclic) bond motifs is 1. The van der Waals surface area contributed by atoms with Gasteiger partial charge in [0.1, 0.15) is 11.6 Å². The second kappa shape index (κ2) is 8.23. The Bertz CT molecular complexity index is 1170. The van der Waals surface area contributed by atoms with Crippen molar-refractivity contribution in [3.63, 3.8) is 0 Å². The fraction of sp³-hybridized carbons (Fsp3) is 0.148. The highest BCUT2D eigenvalue weighted by molar-refractivity contribution is 5.62. The van der Waals surface area contributed by atoms with Gasteiger partial charge in [0.25, 0.3) is 0 Å². The van der Waals surface area contributed by atoms with Crippen LogP contribution in [0.15, 0.2) is 91.3 Å². The van der Waals surface area contributed by atoms with Crippen molar-refractivity contribution in [3.8, 4) is 16.9 Å². The van der Waals surface area contributed by atoms with E-state index >= 15 is 0 Å². The Labute approximate surface area is 181 Å². The molecule has 1 unspecified atom stereocenters. The van der Waals surface area contributed by atoms with Gasteiger partial charge in [-0.2, -0.15) is 0 Å². The van der Waals surface area contributed by atoms with Gasteiger partial charge in [0, 0.05) is 24.4 Å². The number of rotatable bonds is 4. The molecule has 4 heteroatoms. The smallest absolute Gasteiger partial charge is 0.167 e. The lowest BCUT2D eigenvalue weighted by Crippen LogP contribution is -2.36. The Kier molecular flexibility index (Phi) is 5.13. The summed E-state index contributed by atoms with van der Waals surface area (Å²) in [6.45, 7) is 0.825. The molecule has 2 N–H and O–H groups in total. The van der Waals surface area contributed by atoms with E-state index in [4.69, 9.17) is 0 Å². The van der Waals surface area contributed by atoms with Gasteiger partial charge in [-0.3, -0.25) is 0 Å². The SMILES string of the molecule is Oc1ccc2c(c1)CCN(c1ccc(F)cc1)C2Cc1ccc(-c2cc[nH+]cc2)cc1. The first-order valence-corrected chi connectivity index (χ1v) is 10.6. The first kappa shape index (κ1) is 19.3. The molecule has 0 aliphatic carbocycles. The molecule has 1 aliphatic rings. The van der Waals surface area contributed by atoms with Gasteiger partial charge in [-0.25, -0.2) is 9.37 Å². The van der Waals surface area contributed by atoms with E-state index in [2.05, 4.69) is 46.3 Å². The first-order valence-electron chi connectivity index (χ1n) is 10.6. The maximum Gasteiger partial charge on any atom is 0.167 e. The molecule has 1 aromatic heterocycles. The topological polar surface area (TPSA) is 37.6 Å². The molecule has 5 rings (SSSR count). The molecule has 4 aromatic rings. The second-order valence-electron chi connectivity index (χ2n) is 8.01. The number of pyridine rings is 1. The van der Waals surface area contributed by atoms with E-state index < -0.39 is 0 Å². The molecule has 0 bridgehead atoms. The number of halogens is 1. The summed E-state index contributed by atoms with van der Waals surface area (Å²) in [5.41, 5.74) is 7.02. The molecule has 31 heavy (non-hydrogen) atoms. The number of aromatic hydroxyl groups is 1. The van der Waals surface area contributed by atoms with E-state index in [1.54, 1.807) is 6.07 Å². The van der Waals surface area contributed by atoms with Crippen molar-refractivity contribution in [2.24, 2.45) is 0 Å². The summed E-state index contributed by atoms with van der Waals surface area (Å²) in [4.78, 5) is 5.41. The Balaban J connectivity index is 1.48. The van der Waals surface area contributed by atoms with Gasteiger partial charge in [0.15, 0.2) is 12.4 Å². The number of phenols is 1. The molecule has 154 valence electrons. The van der Waals surface area contributed by atoms with Crippen LogP contribution in [-0.4, -0.2) is 11.7 Å². The van der Waals surface area contributed by atoms with Crippen LogP contribution in [0, 0.1) is 5.82 Å². The molecule has 2 heterocycles. The number of nitrogens with one attached hydrogen (secondary N) is 1. The Hall–Kier alpha value is -3.66. The zero-order chi connectivity index (χ0) is 21.2. The number of aromatic nitrogens is 1. The molecule has 3 aromatic carbocycles. The van der Waals surface area contributed by atoms with Crippen LogP contribution < -0.4 is 9.88 Å². The Morgan fingerprint density at radius 2 is 1.58 bits per heavy atom. The van der Waals surface area contributed by atoms with Crippen LogP contribution in [0.5, 0.6) is 5.75 Å². The lowest BCUT2D eigenvalue weighted by molar-refractivity contribution is -0.377. The van der Waals surface area contributed by atoms with Gasteiger partial charge in [0.05, 0.1) is 6.04 Å². The number of hydrogen-bond acceptors (Lipinski definition) is 2. The van der Waals surface area contributed by atoms with Crippen LogP contribution in [0.1, 0.15) is 22.7 Å². The Morgan fingerprint density at radius 3 is 2.32 bits per heavy atom. The van der Waals surface area contributed by atoms with Gasteiger partial charge in [-0.05, 0) is 77.1 Å². The van der Waals surface area contributed by atoms with Gasteiger partial charge in [-0.15, -0.1) is 0 Å². The van der Waals surface area contributed by atoms with Crippen LogP contribution >= 0.6 is 0 Å². The molecule has 0 saturated heterocycles. The summed E-state index contributed by atoms with van der Waals surface area (Å²) >= 11 is 0. The highest BCUT2D eigenvalue weighted by atomic mass is 19.1. The van der Waals surface area contributed by atoms with Gasteiger partial charge >= 0.3 is 0 Å². The lowest BCUT2D eigenvalue weighted by Gasteiger charge is -2.39. The fourth-order valence-electron chi connectivity index (χ4n) is 4.50. The number of anilines is 1. The van der Waals surface area contributed by atoms with E-state index in [1.165, 1.54) is 39.9 Å². The molecule has 0 fully saturated rings. The van der Waals surface area contributed by atoms with Crippen molar-refractivity contribution in [1.29, 1.82) is 0 Å². The van der Waals surface area contributed by atoms with E-state index in [1.807, 2.05) is 36.7 Å². The van der Waals surface area contributed by atoms with Gasteiger partial charge in [-0.1, -0.05) is 30.3 Å². The highest BCUT2D eigenvalue weighted by Crippen LogP contribution is 2.37. The van der Waals surface area contributed by atoms with Crippen LogP contribution in [0.4, 0.5) is 10.1 Å². The van der Waals surface area contributed by atoms with Crippen LogP contribution in [0.25, 0.3) is 11.1 Å². The summed E-state index contributed by atoms with van der Waals surface area (Å²) < 4.78 is 13.5. The van der Waals surface area contributed by atoms with E-state index in [0.29, 0.717) is 5.75 Å². The van der Waals surface area contributed by atoms with Crippen molar-refractivity contribution < 1.29 is 14.5 Å². The zero-order valence-electron chi connectivity index (χ0n) is 17.1. The highest BCUT2D eigenvalue weighted by Gasteiger charge is 2.28. The molecule has 1 atom stereocenters. The number of nitrogens with zero attached hydrogens (tertiary/aromatic N) is 1. The zero-order valence-corrected chi connectivity index (χ0v) is 17.1. The molecule has 3 nitrogen and oxygen atoms in total. The van der Waals surface area contributed by atoms with Crippen LogP contribution in [-0.2, 0) is 12.8 Å². The van der Waals surface area contributed by atoms with Crippen LogP contribution in [0.3, 0.4) is 0 Å². The van der Waals surface area contributed by atoms with Gasteiger partial charge < -0.3 is 10.0 Å². The monoisotopic (exact) mass is 411 g/mol. The molecule has 1 aliphatic heterocycles. The third-order valence-electron chi connectivity index (χ3n) is 6.08. The third-order valence-corrected chi connectivity index (χ3v) is 6.08. The average molecular weight is 412 g/mol. The minimum Gasteiger partial charge on any atom is -0.508 e. The van der Waals surface area contributed by atoms with Crippen molar-refractivity contribution in [1.82, 2.24) is 0 Å². The number of phenolic OH excluding ortho intramolecular Hbond substituents is 1. The predicted molar refractivity (Wildman–Crippen MR) is 120 cm³/mol. The van der Waals surface area contributed by atoms with Crippen molar-refractivity contribution >= 4 is 5.69 Å².